The Kier molecular flexibility index (Phi) is 4.88. The molecule has 114 valence electrons. The Morgan fingerprint density at radius 1 is 1.36 bits per heavy atom. The number of hydrogen-bond donors (Lipinski definition) is 1. The third-order valence-electron chi connectivity index (χ3n) is 3.23. The number of rotatable bonds is 4. The van der Waals surface area contributed by atoms with Gasteiger partial charge in [-0.3, -0.25) is 4.79 Å². The van der Waals surface area contributed by atoms with Crippen molar-refractivity contribution in [3.05, 3.63) is 39.2 Å². The second-order valence-corrected chi connectivity index (χ2v) is 5.58. The fourth-order valence-electron chi connectivity index (χ4n) is 2.32. The Hall–Kier alpha value is -2.26. The summed E-state index contributed by atoms with van der Waals surface area (Å²) in [6.07, 6.45) is 1.82. The highest BCUT2D eigenvalue weighted by molar-refractivity contribution is 7.98. The average molecular weight is 315 g/mol. The van der Waals surface area contributed by atoms with E-state index in [2.05, 4.69) is 9.97 Å². The molecule has 2 aromatic rings. The van der Waals surface area contributed by atoms with Crippen LogP contribution in [0.25, 0.3) is 11.3 Å². The number of hydrogen-bond acceptors (Lipinski definition) is 5. The highest BCUT2D eigenvalue weighted by Crippen LogP contribution is 2.30. The van der Waals surface area contributed by atoms with Crippen LogP contribution < -0.4 is 10.3 Å². The number of nitrogens with one attached hydrogen (secondary N) is 1. The van der Waals surface area contributed by atoms with Crippen molar-refractivity contribution < 1.29 is 4.74 Å². The molecule has 0 spiro atoms. The highest BCUT2D eigenvalue weighted by atomic mass is 32.2. The molecule has 1 N–H and O–H groups in total. The zero-order valence-corrected chi connectivity index (χ0v) is 13.8. The van der Waals surface area contributed by atoms with Crippen molar-refractivity contribution in [3.8, 4) is 23.1 Å². The fourth-order valence-corrected chi connectivity index (χ4v) is 2.70. The summed E-state index contributed by atoms with van der Waals surface area (Å²) in [6, 6.07) is 5.73. The molecule has 0 aliphatic carbocycles. The van der Waals surface area contributed by atoms with Crippen LogP contribution in [0.5, 0.6) is 5.75 Å². The monoisotopic (exact) mass is 315 g/mol. The minimum atomic E-state index is -0.416. The number of benzene rings is 1. The van der Waals surface area contributed by atoms with Crippen LogP contribution in [0.15, 0.2) is 22.1 Å². The number of nitriles is 1. The lowest BCUT2D eigenvalue weighted by atomic mass is 10.0. The van der Waals surface area contributed by atoms with Crippen molar-refractivity contribution in [3.63, 3.8) is 0 Å². The number of aromatic nitrogens is 2. The molecule has 0 saturated heterocycles. The molecule has 2 rings (SSSR count). The molecular formula is C16H17N3O2S. The predicted molar refractivity (Wildman–Crippen MR) is 87.4 cm³/mol. The van der Waals surface area contributed by atoms with Crippen LogP contribution in [-0.4, -0.2) is 22.8 Å². The van der Waals surface area contributed by atoms with Gasteiger partial charge < -0.3 is 9.72 Å². The van der Waals surface area contributed by atoms with Gasteiger partial charge in [-0.2, -0.15) is 5.26 Å². The van der Waals surface area contributed by atoms with E-state index in [1.54, 1.807) is 0 Å². The van der Waals surface area contributed by atoms with Gasteiger partial charge in [-0.1, -0.05) is 11.8 Å². The quantitative estimate of drug-likeness (QED) is 0.693. The van der Waals surface area contributed by atoms with Gasteiger partial charge in [0.1, 0.15) is 17.4 Å². The van der Waals surface area contributed by atoms with E-state index in [1.807, 2.05) is 45.2 Å². The Balaban J connectivity index is 2.69. The van der Waals surface area contributed by atoms with Crippen LogP contribution in [0.2, 0.25) is 0 Å². The van der Waals surface area contributed by atoms with Crippen molar-refractivity contribution in [1.82, 2.24) is 9.97 Å². The molecule has 1 aromatic heterocycles. The SMILES string of the molecule is CCOc1c(C)cc(-c2nc(SC)[nH]c(=O)c2C#N)cc1C. The van der Waals surface area contributed by atoms with E-state index in [1.165, 1.54) is 11.8 Å². The smallest absolute Gasteiger partial charge is 0.270 e. The predicted octanol–water partition coefficient (Wildman–Crippen LogP) is 3.05. The van der Waals surface area contributed by atoms with Crippen molar-refractivity contribution in [2.45, 2.75) is 25.9 Å². The molecular weight excluding hydrogens is 298 g/mol. The molecule has 0 unspecified atom stereocenters. The second-order valence-electron chi connectivity index (χ2n) is 4.78. The van der Waals surface area contributed by atoms with Gasteiger partial charge in [0.15, 0.2) is 5.16 Å². The van der Waals surface area contributed by atoms with Crippen molar-refractivity contribution >= 4 is 11.8 Å². The molecule has 0 fully saturated rings. The summed E-state index contributed by atoms with van der Waals surface area (Å²) in [5.74, 6) is 0.833. The minimum Gasteiger partial charge on any atom is -0.493 e. The first kappa shape index (κ1) is 16.1. The summed E-state index contributed by atoms with van der Waals surface area (Å²) in [6.45, 7) is 6.40. The number of aryl methyl sites for hydroxylation is 2. The lowest BCUT2D eigenvalue weighted by Gasteiger charge is -2.13. The topological polar surface area (TPSA) is 78.8 Å². The zero-order valence-electron chi connectivity index (χ0n) is 13.0. The summed E-state index contributed by atoms with van der Waals surface area (Å²) < 4.78 is 5.63. The van der Waals surface area contributed by atoms with Gasteiger partial charge in [0, 0.05) is 5.56 Å². The van der Waals surface area contributed by atoms with E-state index < -0.39 is 5.56 Å². The Labute approximate surface area is 133 Å². The Morgan fingerprint density at radius 3 is 2.50 bits per heavy atom. The van der Waals surface area contributed by atoms with Crippen LogP contribution in [0.3, 0.4) is 0 Å². The van der Waals surface area contributed by atoms with E-state index in [4.69, 9.17) is 4.74 Å². The molecule has 0 aliphatic heterocycles. The molecule has 22 heavy (non-hydrogen) atoms. The number of nitrogens with zero attached hydrogens (tertiary/aromatic N) is 2. The molecule has 0 aliphatic rings. The first-order chi connectivity index (χ1) is 10.5. The maximum atomic E-state index is 12.0. The highest BCUT2D eigenvalue weighted by Gasteiger charge is 2.15. The maximum Gasteiger partial charge on any atom is 0.270 e. The van der Waals surface area contributed by atoms with Crippen LogP contribution in [0, 0.1) is 25.2 Å². The van der Waals surface area contributed by atoms with E-state index in [0.29, 0.717) is 17.5 Å². The molecule has 1 heterocycles. The normalized spacial score (nSPS) is 10.3. The molecule has 0 atom stereocenters. The maximum absolute atomic E-state index is 12.0. The van der Waals surface area contributed by atoms with E-state index in [-0.39, 0.29) is 5.56 Å². The third-order valence-corrected chi connectivity index (χ3v) is 3.81. The molecule has 5 nitrogen and oxygen atoms in total. The summed E-state index contributed by atoms with van der Waals surface area (Å²) in [5, 5.41) is 9.75. The summed E-state index contributed by atoms with van der Waals surface area (Å²) in [5.41, 5.74) is 2.67. The second kappa shape index (κ2) is 6.67. The summed E-state index contributed by atoms with van der Waals surface area (Å²) in [4.78, 5) is 19.0. The summed E-state index contributed by atoms with van der Waals surface area (Å²) in [7, 11) is 0. The molecule has 0 bridgehead atoms. The number of H-pyrrole nitrogens is 1. The lowest BCUT2D eigenvalue weighted by molar-refractivity contribution is 0.335. The number of thioether (sulfide) groups is 1. The first-order valence-corrected chi connectivity index (χ1v) is 8.07. The van der Waals surface area contributed by atoms with Crippen LogP contribution >= 0.6 is 11.8 Å². The first-order valence-electron chi connectivity index (χ1n) is 6.84. The molecule has 0 saturated carbocycles. The third kappa shape index (κ3) is 3.00. The molecule has 6 heteroatoms. The van der Waals surface area contributed by atoms with Gasteiger partial charge in [-0.25, -0.2) is 4.98 Å². The van der Waals surface area contributed by atoms with Gasteiger partial charge in [-0.15, -0.1) is 0 Å². The molecule has 1 aromatic carbocycles. The number of aromatic amines is 1. The van der Waals surface area contributed by atoms with Gasteiger partial charge in [0.25, 0.3) is 5.56 Å². The van der Waals surface area contributed by atoms with Crippen LogP contribution in [-0.2, 0) is 0 Å². The fraction of sp³-hybridized carbons (Fsp3) is 0.312. The van der Waals surface area contributed by atoms with Crippen molar-refractivity contribution in [1.29, 1.82) is 5.26 Å². The van der Waals surface area contributed by atoms with Gasteiger partial charge in [-0.05, 0) is 50.3 Å². The number of ether oxygens (including phenoxy) is 1. The van der Waals surface area contributed by atoms with E-state index in [0.717, 1.165) is 22.4 Å². The van der Waals surface area contributed by atoms with Gasteiger partial charge in [0.2, 0.25) is 0 Å². The van der Waals surface area contributed by atoms with Crippen LogP contribution in [0.4, 0.5) is 0 Å². The van der Waals surface area contributed by atoms with E-state index in [9.17, 15) is 10.1 Å². The molecule has 0 radical (unpaired) electrons. The minimum absolute atomic E-state index is 0.0285. The van der Waals surface area contributed by atoms with Gasteiger partial charge >= 0.3 is 0 Å². The molecule has 0 amide bonds. The lowest BCUT2D eigenvalue weighted by Crippen LogP contribution is -2.14. The van der Waals surface area contributed by atoms with Gasteiger partial charge in [0.05, 0.1) is 12.3 Å². The largest absolute Gasteiger partial charge is 0.493 e. The zero-order chi connectivity index (χ0) is 16.3. The summed E-state index contributed by atoms with van der Waals surface area (Å²) >= 11 is 1.33. The standard InChI is InChI=1S/C16H17N3O2S/c1-5-21-14-9(2)6-11(7-10(14)3)13-12(8-17)15(20)19-16(18-13)22-4/h6-7H,5H2,1-4H3,(H,18,19,20). The van der Waals surface area contributed by atoms with E-state index >= 15 is 0 Å². The average Bonchev–Trinajstić information content (AvgIpc) is 2.49. The Morgan fingerprint density at radius 2 is 2.00 bits per heavy atom. The Bertz CT molecular complexity index is 783. The van der Waals surface area contributed by atoms with Crippen molar-refractivity contribution in [2.75, 3.05) is 12.9 Å². The van der Waals surface area contributed by atoms with Crippen molar-refractivity contribution in [2.24, 2.45) is 0 Å². The van der Waals surface area contributed by atoms with Crippen LogP contribution in [0.1, 0.15) is 23.6 Å².